The van der Waals surface area contributed by atoms with E-state index in [-0.39, 0.29) is 17.9 Å². The van der Waals surface area contributed by atoms with Gasteiger partial charge in [-0.3, -0.25) is 4.79 Å². The quantitative estimate of drug-likeness (QED) is 0.779. The van der Waals surface area contributed by atoms with Crippen LogP contribution in [0.5, 0.6) is 0 Å². The van der Waals surface area contributed by atoms with E-state index in [1.807, 2.05) is 64.2 Å². The lowest BCUT2D eigenvalue weighted by atomic mass is 9.82. The number of hydrogen-bond donors (Lipinski definition) is 1. The average Bonchev–Trinajstić information content (AvgIpc) is 3.39. The Morgan fingerprint density at radius 2 is 2.04 bits per heavy atom. The SMILES string of the molecule is O=C(c1ccc2nc(-c3ccccc3)cn2c1)N1C[C@H]2CCC[C@@]2(CO)C1. The van der Waals surface area contributed by atoms with E-state index in [2.05, 4.69) is 4.98 Å². The highest BCUT2D eigenvalue weighted by atomic mass is 16.3. The molecular weight excluding hydrogens is 338 g/mol. The van der Waals surface area contributed by atoms with Gasteiger partial charge in [0, 0.05) is 36.5 Å². The Morgan fingerprint density at radius 3 is 2.81 bits per heavy atom. The number of aliphatic hydroxyl groups excluding tert-OH is 1. The van der Waals surface area contributed by atoms with Crippen LogP contribution in [-0.4, -0.2) is 45.0 Å². The maximum Gasteiger partial charge on any atom is 0.255 e. The summed E-state index contributed by atoms with van der Waals surface area (Å²) in [6.07, 6.45) is 7.15. The fourth-order valence-electron chi connectivity index (χ4n) is 4.88. The van der Waals surface area contributed by atoms with Crippen molar-refractivity contribution in [2.75, 3.05) is 19.7 Å². The van der Waals surface area contributed by atoms with Gasteiger partial charge in [0.05, 0.1) is 17.9 Å². The first-order valence-corrected chi connectivity index (χ1v) is 9.63. The minimum atomic E-state index is -0.0742. The molecule has 2 aliphatic rings. The van der Waals surface area contributed by atoms with Crippen molar-refractivity contribution in [2.45, 2.75) is 19.3 Å². The van der Waals surface area contributed by atoms with E-state index < -0.39 is 0 Å². The summed E-state index contributed by atoms with van der Waals surface area (Å²) < 4.78 is 1.92. The number of amides is 1. The molecule has 1 aromatic carbocycles. The summed E-state index contributed by atoms with van der Waals surface area (Å²) in [5.74, 6) is 0.488. The van der Waals surface area contributed by atoms with Crippen LogP contribution in [0.15, 0.2) is 54.9 Å². The van der Waals surface area contributed by atoms with Crippen molar-refractivity contribution in [3.05, 3.63) is 60.4 Å². The molecule has 0 spiro atoms. The normalized spacial score (nSPS) is 24.5. The fraction of sp³-hybridized carbons (Fsp3) is 0.364. The third-order valence-electron chi connectivity index (χ3n) is 6.41. The van der Waals surface area contributed by atoms with Gasteiger partial charge in [-0.25, -0.2) is 4.98 Å². The molecule has 2 fully saturated rings. The zero-order chi connectivity index (χ0) is 18.4. The maximum absolute atomic E-state index is 13.1. The van der Waals surface area contributed by atoms with Gasteiger partial charge in [-0.15, -0.1) is 0 Å². The van der Waals surface area contributed by atoms with Crippen molar-refractivity contribution in [1.82, 2.24) is 14.3 Å². The van der Waals surface area contributed by atoms with Crippen molar-refractivity contribution < 1.29 is 9.90 Å². The fourth-order valence-corrected chi connectivity index (χ4v) is 4.88. The third kappa shape index (κ3) is 2.65. The van der Waals surface area contributed by atoms with E-state index in [0.717, 1.165) is 42.7 Å². The monoisotopic (exact) mass is 361 g/mol. The Hall–Kier alpha value is -2.66. The minimum Gasteiger partial charge on any atom is -0.396 e. The molecule has 5 nitrogen and oxygen atoms in total. The van der Waals surface area contributed by atoms with Crippen LogP contribution in [0.2, 0.25) is 0 Å². The van der Waals surface area contributed by atoms with E-state index >= 15 is 0 Å². The number of aromatic nitrogens is 2. The molecule has 1 aliphatic heterocycles. The van der Waals surface area contributed by atoms with Gasteiger partial charge in [-0.1, -0.05) is 36.8 Å². The predicted molar refractivity (Wildman–Crippen MR) is 103 cm³/mol. The summed E-state index contributed by atoms with van der Waals surface area (Å²) in [5, 5.41) is 9.90. The standard InChI is InChI=1S/C22H23N3O2/c26-15-22-10-4-7-18(22)12-25(14-22)21(27)17-8-9-20-23-19(13-24(20)11-17)16-5-2-1-3-6-16/h1-3,5-6,8-9,11,13,18,26H,4,7,10,12,14-15H2/t18-,22+/m1/s1. The number of pyridine rings is 1. The number of rotatable bonds is 3. The van der Waals surface area contributed by atoms with E-state index in [1.54, 1.807) is 0 Å². The summed E-state index contributed by atoms with van der Waals surface area (Å²) in [6, 6.07) is 13.8. The summed E-state index contributed by atoms with van der Waals surface area (Å²) in [4.78, 5) is 19.7. The van der Waals surface area contributed by atoms with Crippen LogP contribution in [0, 0.1) is 11.3 Å². The minimum absolute atomic E-state index is 0.0501. The zero-order valence-corrected chi connectivity index (χ0v) is 15.2. The third-order valence-corrected chi connectivity index (χ3v) is 6.41. The maximum atomic E-state index is 13.1. The molecule has 0 radical (unpaired) electrons. The first kappa shape index (κ1) is 16.5. The first-order valence-electron chi connectivity index (χ1n) is 9.63. The van der Waals surface area contributed by atoms with Gasteiger partial charge in [-0.2, -0.15) is 0 Å². The Morgan fingerprint density at radius 1 is 1.19 bits per heavy atom. The molecule has 1 aliphatic carbocycles. The van der Waals surface area contributed by atoms with Gasteiger partial charge >= 0.3 is 0 Å². The summed E-state index contributed by atoms with van der Waals surface area (Å²) in [5.41, 5.74) is 3.39. The molecular formula is C22H23N3O2. The lowest BCUT2D eigenvalue weighted by Gasteiger charge is -2.25. The average molecular weight is 361 g/mol. The molecule has 1 saturated heterocycles. The molecule has 1 saturated carbocycles. The largest absolute Gasteiger partial charge is 0.396 e. The molecule has 27 heavy (non-hydrogen) atoms. The first-order chi connectivity index (χ1) is 13.2. The van der Waals surface area contributed by atoms with Gasteiger partial charge in [0.1, 0.15) is 5.65 Å². The summed E-state index contributed by atoms with van der Waals surface area (Å²) in [7, 11) is 0. The Kier molecular flexibility index (Phi) is 3.79. The van der Waals surface area contributed by atoms with Gasteiger partial charge < -0.3 is 14.4 Å². The number of hydrogen-bond acceptors (Lipinski definition) is 3. The summed E-state index contributed by atoms with van der Waals surface area (Å²) >= 11 is 0. The molecule has 2 aromatic heterocycles. The molecule has 5 heteroatoms. The highest BCUT2D eigenvalue weighted by molar-refractivity contribution is 5.94. The van der Waals surface area contributed by atoms with Crippen molar-refractivity contribution >= 4 is 11.6 Å². The second-order valence-corrected chi connectivity index (χ2v) is 7.97. The molecule has 1 N–H and O–H groups in total. The Balaban J connectivity index is 1.43. The van der Waals surface area contributed by atoms with E-state index in [0.29, 0.717) is 18.0 Å². The number of imidazole rings is 1. The van der Waals surface area contributed by atoms with Crippen LogP contribution in [-0.2, 0) is 0 Å². The van der Waals surface area contributed by atoms with Gasteiger partial charge in [0.25, 0.3) is 5.91 Å². The number of aliphatic hydroxyl groups is 1. The smallest absolute Gasteiger partial charge is 0.255 e. The van der Waals surface area contributed by atoms with Crippen molar-refractivity contribution in [2.24, 2.45) is 11.3 Å². The molecule has 0 unspecified atom stereocenters. The van der Waals surface area contributed by atoms with Crippen LogP contribution < -0.4 is 0 Å². The highest BCUT2D eigenvalue weighted by Crippen LogP contribution is 2.48. The number of carbonyl (C=O) groups is 1. The molecule has 0 bridgehead atoms. The van der Waals surface area contributed by atoms with Gasteiger partial charge in [0.15, 0.2) is 0 Å². The molecule has 1 amide bonds. The summed E-state index contributed by atoms with van der Waals surface area (Å²) in [6.45, 7) is 1.61. The predicted octanol–water partition coefficient (Wildman–Crippen LogP) is 3.24. The van der Waals surface area contributed by atoms with E-state index in [9.17, 15) is 9.90 Å². The zero-order valence-electron chi connectivity index (χ0n) is 15.2. The second-order valence-electron chi connectivity index (χ2n) is 7.97. The van der Waals surface area contributed by atoms with Gasteiger partial charge in [-0.05, 0) is 30.9 Å². The van der Waals surface area contributed by atoms with Gasteiger partial charge in [0.2, 0.25) is 0 Å². The van der Waals surface area contributed by atoms with Crippen molar-refractivity contribution in [3.8, 4) is 11.3 Å². The second kappa shape index (κ2) is 6.20. The van der Waals surface area contributed by atoms with Crippen LogP contribution >= 0.6 is 0 Å². The number of fused-ring (bicyclic) bond motifs is 2. The lowest BCUT2D eigenvalue weighted by Crippen LogP contribution is -2.34. The van der Waals surface area contributed by atoms with Crippen molar-refractivity contribution in [3.63, 3.8) is 0 Å². The highest BCUT2D eigenvalue weighted by Gasteiger charge is 2.50. The Labute approximate surface area is 158 Å². The van der Waals surface area contributed by atoms with Crippen LogP contribution in [0.25, 0.3) is 16.9 Å². The lowest BCUT2D eigenvalue weighted by molar-refractivity contribution is 0.0734. The number of likely N-dealkylation sites (tertiary alicyclic amines) is 1. The molecule has 3 aromatic rings. The topological polar surface area (TPSA) is 57.8 Å². The van der Waals surface area contributed by atoms with E-state index in [1.165, 1.54) is 0 Å². The molecule has 138 valence electrons. The van der Waals surface area contributed by atoms with Crippen LogP contribution in [0.3, 0.4) is 0 Å². The molecule has 2 atom stereocenters. The van der Waals surface area contributed by atoms with Crippen molar-refractivity contribution in [1.29, 1.82) is 0 Å². The van der Waals surface area contributed by atoms with Crippen LogP contribution in [0.4, 0.5) is 0 Å². The van der Waals surface area contributed by atoms with Crippen LogP contribution in [0.1, 0.15) is 29.6 Å². The number of nitrogens with zero attached hydrogens (tertiary/aromatic N) is 3. The van der Waals surface area contributed by atoms with E-state index in [4.69, 9.17) is 0 Å². The number of benzene rings is 1. The number of carbonyl (C=O) groups excluding carboxylic acids is 1. The molecule has 5 rings (SSSR count). The Bertz CT molecular complexity index is 997. The molecule has 3 heterocycles.